The molecule has 0 fully saturated rings. The van der Waals surface area contributed by atoms with E-state index in [2.05, 4.69) is 102 Å². The van der Waals surface area contributed by atoms with Crippen molar-refractivity contribution >= 4 is 33.2 Å². The van der Waals surface area contributed by atoms with Crippen molar-refractivity contribution < 1.29 is 0 Å². The summed E-state index contributed by atoms with van der Waals surface area (Å²) < 4.78 is 2.33. The van der Waals surface area contributed by atoms with Gasteiger partial charge in [0.2, 0.25) is 0 Å². The molecule has 0 amide bonds. The van der Waals surface area contributed by atoms with Crippen molar-refractivity contribution in [2.45, 2.75) is 0 Å². The van der Waals surface area contributed by atoms with Gasteiger partial charge in [-0.1, -0.05) is 66.7 Å². The highest BCUT2D eigenvalue weighted by molar-refractivity contribution is 6.10. The van der Waals surface area contributed by atoms with E-state index in [0.717, 1.165) is 27.9 Å². The van der Waals surface area contributed by atoms with E-state index in [1.54, 1.807) is 0 Å². The number of nitrogen functional groups attached to an aromatic ring is 2. The molecule has 3 nitrogen and oxygen atoms in total. The Hall–Kier alpha value is -4.50. The third kappa shape index (κ3) is 3.14. The fraction of sp³-hybridized carbons (Fsp3) is 0. The van der Waals surface area contributed by atoms with Gasteiger partial charge in [0.25, 0.3) is 0 Å². The van der Waals surface area contributed by atoms with E-state index in [4.69, 9.17) is 11.5 Å². The standard InChI is InChI=1S/C30H23N3/c31-26-13-7-14-27(32)30(26)22-9-6-8-20(18-22)21-16-17-29-25(19-21)24-12-4-5-15-28(24)33(29)23-10-2-1-3-11-23/h1-19H,31-32H2. The number of hydrogen-bond donors (Lipinski definition) is 2. The fourth-order valence-electron chi connectivity index (χ4n) is 4.78. The first-order valence-corrected chi connectivity index (χ1v) is 11.0. The van der Waals surface area contributed by atoms with Gasteiger partial charge in [-0.05, 0) is 65.2 Å². The van der Waals surface area contributed by atoms with Gasteiger partial charge < -0.3 is 16.0 Å². The van der Waals surface area contributed by atoms with Crippen LogP contribution in [0.1, 0.15) is 0 Å². The molecular formula is C30H23N3. The first-order chi connectivity index (χ1) is 16.2. The molecule has 0 saturated carbocycles. The summed E-state index contributed by atoms with van der Waals surface area (Å²) in [5.74, 6) is 0. The minimum absolute atomic E-state index is 0.688. The Labute approximate surface area is 192 Å². The third-order valence-electron chi connectivity index (χ3n) is 6.30. The number of benzene rings is 5. The summed E-state index contributed by atoms with van der Waals surface area (Å²) in [5.41, 5.74) is 21.6. The second-order valence-electron chi connectivity index (χ2n) is 8.31. The predicted octanol–water partition coefficient (Wildman–Crippen LogP) is 7.28. The Morgan fingerprint density at radius 2 is 1.09 bits per heavy atom. The number of rotatable bonds is 3. The maximum absolute atomic E-state index is 6.25. The molecule has 3 heteroatoms. The molecule has 0 aliphatic carbocycles. The topological polar surface area (TPSA) is 57.0 Å². The van der Waals surface area contributed by atoms with Crippen molar-refractivity contribution in [2.24, 2.45) is 0 Å². The number of aromatic nitrogens is 1. The predicted molar refractivity (Wildman–Crippen MR) is 140 cm³/mol. The molecule has 4 N–H and O–H groups in total. The molecule has 158 valence electrons. The van der Waals surface area contributed by atoms with E-state index in [-0.39, 0.29) is 0 Å². The second-order valence-corrected chi connectivity index (χ2v) is 8.31. The average molecular weight is 426 g/mol. The van der Waals surface area contributed by atoms with Crippen LogP contribution in [0.3, 0.4) is 0 Å². The second kappa shape index (κ2) is 7.57. The highest BCUT2D eigenvalue weighted by atomic mass is 15.0. The van der Waals surface area contributed by atoms with Crippen LogP contribution in [0.5, 0.6) is 0 Å². The van der Waals surface area contributed by atoms with E-state index in [1.165, 1.54) is 21.8 Å². The van der Waals surface area contributed by atoms with E-state index in [9.17, 15) is 0 Å². The summed E-state index contributed by atoms with van der Waals surface area (Å²) >= 11 is 0. The number of anilines is 2. The quantitative estimate of drug-likeness (QED) is 0.293. The van der Waals surface area contributed by atoms with Gasteiger partial charge in [-0.2, -0.15) is 0 Å². The fourth-order valence-corrected chi connectivity index (χ4v) is 4.78. The average Bonchev–Trinajstić information content (AvgIpc) is 3.18. The maximum atomic E-state index is 6.25. The Morgan fingerprint density at radius 1 is 0.455 bits per heavy atom. The zero-order valence-corrected chi connectivity index (χ0v) is 18.1. The molecule has 0 radical (unpaired) electrons. The molecule has 0 aliphatic rings. The largest absolute Gasteiger partial charge is 0.398 e. The van der Waals surface area contributed by atoms with Crippen LogP contribution in [0.25, 0.3) is 49.7 Å². The van der Waals surface area contributed by atoms with E-state index >= 15 is 0 Å². The zero-order valence-electron chi connectivity index (χ0n) is 18.1. The van der Waals surface area contributed by atoms with Crippen molar-refractivity contribution in [3.63, 3.8) is 0 Å². The summed E-state index contributed by atoms with van der Waals surface area (Å²) in [6, 6.07) is 39.9. The summed E-state index contributed by atoms with van der Waals surface area (Å²) in [5, 5.41) is 2.47. The smallest absolute Gasteiger partial charge is 0.0541 e. The van der Waals surface area contributed by atoms with Gasteiger partial charge in [0, 0.05) is 33.4 Å². The van der Waals surface area contributed by atoms with Crippen LogP contribution in [0.15, 0.2) is 115 Å². The first-order valence-electron chi connectivity index (χ1n) is 11.0. The van der Waals surface area contributed by atoms with Crippen molar-refractivity contribution in [1.29, 1.82) is 0 Å². The molecule has 5 aromatic carbocycles. The molecule has 6 aromatic rings. The molecule has 0 saturated heterocycles. The van der Waals surface area contributed by atoms with E-state index < -0.39 is 0 Å². The van der Waals surface area contributed by atoms with Gasteiger partial charge in [-0.3, -0.25) is 0 Å². The van der Waals surface area contributed by atoms with Crippen LogP contribution in [0.4, 0.5) is 11.4 Å². The normalized spacial score (nSPS) is 11.3. The van der Waals surface area contributed by atoms with E-state index in [1.807, 2.05) is 18.2 Å². The Balaban J connectivity index is 1.56. The lowest BCUT2D eigenvalue weighted by Crippen LogP contribution is -1.96. The highest BCUT2D eigenvalue weighted by Gasteiger charge is 2.13. The summed E-state index contributed by atoms with van der Waals surface area (Å²) in [6.45, 7) is 0. The number of para-hydroxylation sites is 2. The van der Waals surface area contributed by atoms with Gasteiger partial charge in [0.05, 0.1) is 11.0 Å². The molecular weight excluding hydrogens is 402 g/mol. The molecule has 1 aromatic heterocycles. The zero-order chi connectivity index (χ0) is 22.4. The number of fused-ring (bicyclic) bond motifs is 3. The molecule has 0 atom stereocenters. The summed E-state index contributed by atoms with van der Waals surface area (Å²) in [6.07, 6.45) is 0. The number of nitrogens with zero attached hydrogens (tertiary/aromatic N) is 1. The van der Waals surface area contributed by atoms with Gasteiger partial charge in [0.15, 0.2) is 0 Å². The molecule has 1 heterocycles. The van der Waals surface area contributed by atoms with Crippen LogP contribution in [-0.2, 0) is 0 Å². The molecule has 33 heavy (non-hydrogen) atoms. The van der Waals surface area contributed by atoms with Crippen LogP contribution in [-0.4, -0.2) is 4.57 Å². The van der Waals surface area contributed by atoms with Gasteiger partial charge in [-0.15, -0.1) is 0 Å². The Kier molecular flexibility index (Phi) is 4.41. The number of nitrogens with two attached hydrogens (primary N) is 2. The minimum Gasteiger partial charge on any atom is -0.398 e. The van der Waals surface area contributed by atoms with Crippen LogP contribution >= 0.6 is 0 Å². The van der Waals surface area contributed by atoms with Crippen LogP contribution < -0.4 is 11.5 Å². The summed E-state index contributed by atoms with van der Waals surface area (Å²) in [4.78, 5) is 0. The van der Waals surface area contributed by atoms with Crippen molar-refractivity contribution in [2.75, 3.05) is 11.5 Å². The monoisotopic (exact) mass is 425 g/mol. The molecule has 0 bridgehead atoms. The molecule has 6 rings (SSSR count). The first kappa shape index (κ1) is 19.2. The van der Waals surface area contributed by atoms with Crippen LogP contribution in [0, 0.1) is 0 Å². The lowest BCUT2D eigenvalue weighted by Gasteiger charge is -2.11. The SMILES string of the molecule is Nc1cccc(N)c1-c1cccc(-c2ccc3c(c2)c2ccccc2n3-c2ccccc2)c1. The Morgan fingerprint density at radius 3 is 1.91 bits per heavy atom. The van der Waals surface area contributed by atoms with Crippen LogP contribution in [0.2, 0.25) is 0 Å². The summed E-state index contributed by atoms with van der Waals surface area (Å²) in [7, 11) is 0. The third-order valence-corrected chi connectivity index (χ3v) is 6.30. The lowest BCUT2D eigenvalue weighted by atomic mass is 9.96. The highest BCUT2D eigenvalue weighted by Crippen LogP contribution is 2.37. The number of hydrogen-bond acceptors (Lipinski definition) is 2. The Bertz CT molecular complexity index is 1610. The molecule has 0 aliphatic heterocycles. The van der Waals surface area contributed by atoms with Crippen molar-refractivity contribution in [1.82, 2.24) is 4.57 Å². The van der Waals surface area contributed by atoms with Crippen molar-refractivity contribution in [3.8, 4) is 27.9 Å². The van der Waals surface area contributed by atoms with Gasteiger partial charge in [-0.25, -0.2) is 0 Å². The maximum Gasteiger partial charge on any atom is 0.0541 e. The minimum atomic E-state index is 0.688. The van der Waals surface area contributed by atoms with Gasteiger partial charge in [0.1, 0.15) is 0 Å². The molecule has 0 unspecified atom stereocenters. The molecule has 0 spiro atoms. The van der Waals surface area contributed by atoms with Gasteiger partial charge >= 0.3 is 0 Å². The van der Waals surface area contributed by atoms with E-state index in [0.29, 0.717) is 11.4 Å². The lowest BCUT2D eigenvalue weighted by molar-refractivity contribution is 1.18. The van der Waals surface area contributed by atoms with Crippen molar-refractivity contribution in [3.05, 3.63) is 115 Å².